The lowest BCUT2D eigenvalue weighted by molar-refractivity contribution is 0.0689. The molecule has 1 saturated heterocycles. The number of rotatable bonds is 1. The minimum atomic E-state index is 0.0199. The summed E-state index contributed by atoms with van der Waals surface area (Å²) in [6.45, 7) is 3.48. The van der Waals surface area contributed by atoms with E-state index in [2.05, 4.69) is 16.9 Å². The quantitative estimate of drug-likeness (QED) is 0.758. The molecule has 0 bridgehead atoms. The molecule has 1 fully saturated rings. The average Bonchev–Trinajstić information content (AvgIpc) is 2.49. The molecule has 3 rings (SSSR count). The minimum absolute atomic E-state index is 0.0199. The number of hydrogen-bond acceptors (Lipinski definition) is 3. The highest BCUT2D eigenvalue weighted by atomic mass is 35.5. The number of aromatic nitrogens is 2. The van der Waals surface area contributed by atoms with Gasteiger partial charge in [0, 0.05) is 30.9 Å². The average molecular weight is 290 g/mol. The first-order chi connectivity index (χ1) is 9.66. The van der Waals surface area contributed by atoms with Crippen LogP contribution in [-0.2, 0) is 0 Å². The molecule has 0 spiro atoms. The molecule has 1 amide bonds. The number of hydrogen-bond donors (Lipinski definition) is 0. The maximum Gasteiger partial charge on any atom is 0.256 e. The predicted octanol–water partition coefficient (Wildman–Crippen LogP) is 2.72. The Kier molecular flexibility index (Phi) is 3.57. The van der Waals surface area contributed by atoms with Gasteiger partial charge in [-0.25, -0.2) is 0 Å². The van der Waals surface area contributed by atoms with Gasteiger partial charge in [-0.05, 0) is 24.5 Å². The molecule has 4 nitrogen and oxygen atoms in total. The van der Waals surface area contributed by atoms with Crippen LogP contribution in [0.2, 0.25) is 0 Å². The highest BCUT2D eigenvalue weighted by Gasteiger charge is 2.28. The molecular weight excluding hydrogens is 274 g/mol. The minimum Gasteiger partial charge on any atom is -0.338 e. The van der Waals surface area contributed by atoms with Crippen molar-refractivity contribution in [1.82, 2.24) is 14.9 Å². The number of amides is 1. The third kappa shape index (κ3) is 2.36. The summed E-state index contributed by atoms with van der Waals surface area (Å²) in [5.74, 6) is 0.335. The Hall–Kier alpha value is -1.68. The van der Waals surface area contributed by atoms with E-state index in [9.17, 15) is 4.79 Å². The SMILES string of the molecule is CC1CN(C(=O)c2cccc3nccnc23)CCC1Cl. The van der Waals surface area contributed by atoms with Gasteiger partial charge in [-0.15, -0.1) is 11.6 Å². The molecule has 1 aromatic heterocycles. The number of fused-ring (bicyclic) bond motifs is 1. The van der Waals surface area contributed by atoms with E-state index in [1.54, 1.807) is 12.4 Å². The van der Waals surface area contributed by atoms with E-state index in [1.807, 2.05) is 23.1 Å². The van der Waals surface area contributed by atoms with Crippen LogP contribution >= 0.6 is 11.6 Å². The van der Waals surface area contributed by atoms with E-state index < -0.39 is 0 Å². The summed E-state index contributed by atoms with van der Waals surface area (Å²) in [6.07, 6.45) is 4.09. The fourth-order valence-electron chi connectivity index (χ4n) is 2.64. The zero-order chi connectivity index (χ0) is 14.1. The van der Waals surface area contributed by atoms with Crippen molar-refractivity contribution < 1.29 is 4.79 Å². The first kappa shape index (κ1) is 13.3. The Morgan fingerprint density at radius 1 is 1.35 bits per heavy atom. The van der Waals surface area contributed by atoms with Crippen LogP contribution in [0.25, 0.3) is 11.0 Å². The Morgan fingerprint density at radius 3 is 2.95 bits per heavy atom. The van der Waals surface area contributed by atoms with Gasteiger partial charge < -0.3 is 4.90 Å². The number of piperidine rings is 1. The van der Waals surface area contributed by atoms with Crippen molar-refractivity contribution in [3.05, 3.63) is 36.2 Å². The molecule has 2 heterocycles. The standard InChI is InChI=1S/C15H16ClN3O/c1-10-9-19(8-5-12(10)16)15(20)11-3-2-4-13-14(11)18-7-6-17-13/h2-4,6-7,10,12H,5,8-9H2,1H3. The van der Waals surface area contributed by atoms with E-state index in [4.69, 9.17) is 11.6 Å². The highest BCUT2D eigenvalue weighted by Crippen LogP contribution is 2.24. The van der Waals surface area contributed by atoms with Gasteiger partial charge in [-0.1, -0.05) is 13.0 Å². The van der Waals surface area contributed by atoms with Crippen molar-refractivity contribution in [3.8, 4) is 0 Å². The molecule has 1 aliphatic heterocycles. The van der Waals surface area contributed by atoms with Crippen LogP contribution in [0.3, 0.4) is 0 Å². The third-order valence-electron chi connectivity index (χ3n) is 3.82. The van der Waals surface area contributed by atoms with E-state index in [-0.39, 0.29) is 11.3 Å². The highest BCUT2D eigenvalue weighted by molar-refractivity contribution is 6.20. The Morgan fingerprint density at radius 2 is 2.15 bits per heavy atom. The van der Waals surface area contributed by atoms with Gasteiger partial charge in [0.25, 0.3) is 5.91 Å². The summed E-state index contributed by atoms with van der Waals surface area (Å²) in [6, 6.07) is 5.53. The van der Waals surface area contributed by atoms with Gasteiger partial charge in [-0.2, -0.15) is 0 Å². The summed E-state index contributed by atoms with van der Waals surface area (Å²) in [7, 11) is 0. The van der Waals surface area contributed by atoms with Crippen molar-refractivity contribution in [3.63, 3.8) is 0 Å². The maximum atomic E-state index is 12.7. The topological polar surface area (TPSA) is 46.1 Å². The molecule has 0 saturated carbocycles. The summed E-state index contributed by atoms with van der Waals surface area (Å²) in [5.41, 5.74) is 2.04. The number of carbonyl (C=O) groups is 1. The molecule has 2 aromatic rings. The van der Waals surface area contributed by atoms with Crippen LogP contribution in [0.1, 0.15) is 23.7 Å². The molecule has 0 N–H and O–H groups in total. The molecule has 1 aromatic carbocycles. The first-order valence-electron chi connectivity index (χ1n) is 6.80. The third-order valence-corrected chi connectivity index (χ3v) is 4.47. The predicted molar refractivity (Wildman–Crippen MR) is 78.9 cm³/mol. The van der Waals surface area contributed by atoms with Crippen molar-refractivity contribution in [2.45, 2.75) is 18.7 Å². The Balaban J connectivity index is 1.93. The number of carbonyl (C=O) groups excluding carboxylic acids is 1. The van der Waals surface area contributed by atoms with Gasteiger partial charge in [0.2, 0.25) is 0 Å². The Bertz CT molecular complexity index is 641. The number of para-hydroxylation sites is 1. The maximum absolute atomic E-state index is 12.7. The largest absolute Gasteiger partial charge is 0.338 e. The van der Waals surface area contributed by atoms with E-state index in [1.165, 1.54) is 0 Å². The van der Waals surface area contributed by atoms with Gasteiger partial charge in [-0.3, -0.25) is 14.8 Å². The molecule has 20 heavy (non-hydrogen) atoms. The van der Waals surface area contributed by atoms with Gasteiger partial charge >= 0.3 is 0 Å². The monoisotopic (exact) mass is 289 g/mol. The lowest BCUT2D eigenvalue weighted by Gasteiger charge is -2.34. The number of likely N-dealkylation sites (tertiary alicyclic amines) is 1. The number of benzene rings is 1. The molecule has 5 heteroatoms. The second-order valence-electron chi connectivity index (χ2n) is 5.26. The molecule has 104 valence electrons. The molecule has 2 unspecified atom stereocenters. The number of alkyl halides is 1. The smallest absolute Gasteiger partial charge is 0.256 e. The van der Waals surface area contributed by atoms with Gasteiger partial charge in [0.15, 0.2) is 0 Å². The van der Waals surface area contributed by atoms with Crippen LogP contribution < -0.4 is 0 Å². The number of halogens is 1. The van der Waals surface area contributed by atoms with E-state index >= 15 is 0 Å². The van der Waals surface area contributed by atoms with Crippen LogP contribution in [0.4, 0.5) is 0 Å². The molecule has 0 radical (unpaired) electrons. The number of nitrogens with zero attached hydrogens (tertiary/aromatic N) is 3. The Labute approximate surface area is 122 Å². The molecule has 0 aliphatic carbocycles. The van der Waals surface area contributed by atoms with Crippen LogP contribution in [-0.4, -0.2) is 39.2 Å². The second kappa shape index (κ2) is 5.37. The molecule has 1 aliphatic rings. The summed E-state index contributed by atoms with van der Waals surface area (Å²) < 4.78 is 0. The van der Waals surface area contributed by atoms with Crippen molar-refractivity contribution in [1.29, 1.82) is 0 Å². The van der Waals surface area contributed by atoms with Crippen molar-refractivity contribution in [2.75, 3.05) is 13.1 Å². The molecular formula is C15H16ClN3O. The van der Waals surface area contributed by atoms with Crippen molar-refractivity contribution in [2.24, 2.45) is 5.92 Å². The molecule has 2 atom stereocenters. The van der Waals surface area contributed by atoms with E-state index in [0.717, 1.165) is 11.9 Å². The summed E-state index contributed by atoms with van der Waals surface area (Å²) in [4.78, 5) is 23.1. The fraction of sp³-hybridized carbons (Fsp3) is 0.400. The normalized spacial score (nSPS) is 23.0. The van der Waals surface area contributed by atoms with Crippen molar-refractivity contribution >= 4 is 28.5 Å². The summed E-state index contributed by atoms with van der Waals surface area (Å²) in [5, 5.41) is 0.159. The summed E-state index contributed by atoms with van der Waals surface area (Å²) >= 11 is 6.22. The zero-order valence-electron chi connectivity index (χ0n) is 11.3. The second-order valence-corrected chi connectivity index (χ2v) is 5.82. The van der Waals surface area contributed by atoms with Crippen LogP contribution in [0.15, 0.2) is 30.6 Å². The lowest BCUT2D eigenvalue weighted by atomic mass is 9.98. The fourth-order valence-corrected chi connectivity index (χ4v) is 2.81. The van der Waals surface area contributed by atoms with Gasteiger partial charge in [0.1, 0.15) is 5.52 Å². The van der Waals surface area contributed by atoms with E-state index in [0.29, 0.717) is 30.1 Å². The lowest BCUT2D eigenvalue weighted by Crippen LogP contribution is -2.43. The van der Waals surface area contributed by atoms with Gasteiger partial charge in [0.05, 0.1) is 11.1 Å². The van der Waals surface area contributed by atoms with Crippen LogP contribution in [0, 0.1) is 5.92 Å². The van der Waals surface area contributed by atoms with Crippen LogP contribution in [0.5, 0.6) is 0 Å². The zero-order valence-corrected chi connectivity index (χ0v) is 12.0. The first-order valence-corrected chi connectivity index (χ1v) is 7.23.